The summed E-state index contributed by atoms with van der Waals surface area (Å²) in [4.78, 5) is 45.7. The summed E-state index contributed by atoms with van der Waals surface area (Å²) in [5, 5.41) is 7.50. The summed E-state index contributed by atoms with van der Waals surface area (Å²) < 4.78 is 10.6. The molecule has 0 aliphatic rings. The molecule has 5 rings (SSSR count). The molecule has 0 spiro atoms. The number of carbonyl (C=O) groups is 3. The van der Waals surface area contributed by atoms with Gasteiger partial charge in [-0.05, 0) is 35.4 Å². The van der Waals surface area contributed by atoms with Crippen LogP contribution in [0.15, 0.2) is 91.3 Å². The number of nitrogens with one attached hydrogen (secondary N) is 4. The quantitative estimate of drug-likeness (QED) is 0.191. The van der Waals surface area contributed by atoms with E-state index in [-0.39, 0.29) is 19.4 Å². The van der Waals surface area contributed by atoms with Crippen LogP contribution < -0.4 is 15.4 Å². The van der Waals surface area contributed by atoms with Crippen LogP contribution in [0.3, 0.4) is 0 Å². The van der Waals surface area contributed by atoms with Crippen molar-refractivity contribution in [3.05, 3.63) is 102 Å². The third-order valence-electron chi connectivity index (χ3n) is 6.76. The molecule has 204 valence electrons. The average molecular weight is 539 g/mol. The summed E-state index contributed by atoms with van der Waals surface area (Å²) in [6, 6.07) is 22.5. The van der Waals surface area contributed by atoms with Crippen LogP contribution in [0.5, 0.6) is 5.75 Å². The summed E-state index contributed by atoms with van der Waals surface area (Å²) >= 11 is 0. The second kappa shape index (κ2) is 12.2. The summed E-state index contributed by atoms with van der Waals surface area (Å²) in [5.41, 5.74) is 3.56. The molecule has 0 fully saturated rings. The van der Waals surface area contributed by atoms with Gasteiger partial charge in [0.15, 0.2) is 6.61 Å². The summed E-state index contributed by atoms with van der Waals surface area (Å²) in [6.45, 7) is -0.266. The van der Waals surface area contributed by atoms with E-state index in [0.717, 1.165) is 32.9 Å². The molecule has 2 heterocycles. The number of carbonyl (C=O) groups excluding carboxylic acids is 3. The van der Waals surface area contributed by atoms with Gasteiger partial charge in [-0.1, -0.05) is 54.6 Å². The van der Waals surface area contributed by atoms with Gasteiger partial charge in [0, 0.05) is 47.0 Å². The molecule has 0 aliphatic heterocycles. The number of para-hydroxylation sites is 3. The molecule has 5 aromatic rings. The van der Waals surface area contributed by atoms with Crippen molar-refractivity contribution in [3.63, 3.8) is 0 Å². The fraction of sp³-hybridized carbons (Fsp3) is 0.194. The Bertz CT molecular complexity index is 1620. The minimum atomic E-state index is -0.971. The van der Waals surface area contributed by atoms with Crippen LogP contribution in [-0.4, -0.2) is 53.6 Å². The first kappa shape index (κ1) is 26.6. The smallest absolute Gasteiger partial charge is 0.328 e. The number of benzene rings is 3. The van der Waals surface area contributed by atoms with Gasteiger partial charge in [0.25, 0.3) is 5.91 Å². The SMILES string of the molecule is COC(=O)[C@H](Cc1c[nH]c2ccccc12)NC(=O)[C@H](Cc1c[nH]c2ccccc12)NC(=O)COc1ccccc1. The lowest BCUT2D eigenvalue weighted by molar-refractivity contribution is -0.145. The molecule has 0 aliphatic carbocycles. The predicted molar refractivity (Wildman–Crippen MR) is 152 cm³/mol. The molecule has 0 saturated heterocycles. The van der Waals surface area contributed by atoms with Gasteiger partial charge >= 0.3 is 5.97 Å². The van der Waals surface area contributed by atoms with Crippen LogP contribution in [0.4, 0.5) is 0 Å². The first-order valence-electron chi connectivity index (χ1n) is 13.0. The monoisotopic (exact) mass is 538 g/mol. The summed E-state index contributed by atoms with van der Waals surface area (Å²) in [7, 11) is 1.28. The highest BCUT2D eigenvalue weighted by atomic mass is 16.5. The average Bonchev–Trinajstić information content (AvgIpc) is 3.59. The van der Waals surface area contributed by atoms with Gasteiger partial charge in [0.05, 0.1) is 7.11 Å². The Labute approximate surface area is 230 Å². The van der Waals surface area contributed by atoms with Crippen molar-refractivity contribution in [2.45, 2.75) is 24.9 Å². The number of ether oxygens (including phenoxy) is 2. The second-order valence-electron chi connectivity index (χ2n) is 9.43. The van der Waals surface area contributed by atoms with Crippen LogP contribution in [0.25, 0.3) is 21.8 Å². The first-order valence-corrected chi connectivity index (χ1v) is 13.0. The van der Waals surface area contributed by atoms with Crippen LogP contribution in [0, 0.1) is 0 Å². The third-order valence-corrected chi connectivity index (χ3v) is 6.76. The Kier molecular flexibility index (Phi) is 8.10. The highest BCUT2D eigenvalue weighted by molar-refractivity contribution is 5.93. The van der Waals surface area contributed by atoms with Gasteiger partial charge in [-0.2, -0.15) is 0 Å². The van der Waals surface area contributed by atoms with Crippen molar-refractivity contribution in [1.82, 2.24) is 20.6 Å². The van der Waals surface area contributed by atoms with E-state index in [2.05, 4.69) is 20.6 Å². The molecule has 0 saturated carbocycles. The fourth-order valence-electron chi connectivity index (χ4n) is 4.76. The number of aromatic nitrogens is 2. The molecule has 40 heavy (non-hydrogen) atoms. The van der Waals surface area contributed by atoms with E-state index in [1.165, 1.54) is 7.11 Å². The van der Waals surface area contributed by atoms with E-state index in [4.69, 9.17) is 9.47 Å². The molecule has 0 unspecified atom stereocenters. The summed E-state index contributed by atoms with van der Waals surface area (Å²) in [5.74, 6) is -1.01. The number of hydrogen-bond donors (Lipinski definition) is 4. The van der Waals surface area contributed by atoms with Gasteiger partial charge in [-0.15, -0.1) is 0 Å². The molecule has 2 aromatic heterocycles. The molecule has 2 atom stereocenters. The Balaban J connectivity index is 1.35. The molecule has 0 bridgehead atoms. The van der Waals surface area contributed by atoms with Crippen molar-refractivity contribution < 1.29 is 23.9 Å². The van der Waals surface area contributed by atoms with E-state index < -0.39 is 29.9 Å². The molecule has 4 N–H and O–H groups in total. The Morgan fingerprint density at radius 1 is 0.725 bits per heavy atom. The van der Waals surface area contributed by atoms with Gasteiger partial charge in [-0.25, -0.2) is 4.79 Å². The van der Waals surface area contributed by atoms with Crippen molar-refractivity contribution in [2.75, 3.05) is 13.7 Å². The van der Waals surface area contributed by atoms with E-state index in [0.29, 0.717) is 5.75 Å². The Hall–Kier alpha value is -5.05. The van der Waals surface area contributed by atoms with Gasteiger partial charge in [0.2, 0.25) is 5.91 Å². The van der Waals surface area contributed by atoms with E-state index >= 15 is 0 Å². The number of esters is 1. The van der Waals surface area contributed by atoms with Crippen LogP contribution in [-0.2, 0) is 32.0 Å². The van der Waals surface area contributed by atoms with Crippen molar-refractivity contribution in [1.29, 1.82) is 0 Å². The zero-order chi connectivity index (χ0) is 27.9. The zero-order valence-electron chi connectivity index (χ0n) is 22.0. The van der Waals surface area contributed by atoms with Crippen molar-refractivity contribution in [3.8, 4) is 5.75 Å². The molecule has 0 radical (unpaired) electrons. The Morgan fingerprint density at radius 2 is 1.27 bits per heavy atom. The number of rotatable bonds is 11. The number of methoxy groups -OCH3 is 1. The number of fused-ring (bicyclic) bond motifs is 2. The summed E-state index contributed by atoms with van der Waals surface area (Å²) in [6.07, 6.45) is 4.06. The van der Waals surface area contributed by atoms with Crippen molar-refractivity contribution in [2.24, 2.45) is 0 Å². The maximum atomic E-state index is 13.6. The van der Waals surface area contributed by atoms with Gasteiger partial charge in [-0.3, -0.25) is 9.59 Å². The minimum Gasteiger partial charge on any atom is -0.484 e. The number of H-pyrrole nitrogens is 2. The maximum absolute atomic E-state index is 13.6. The van der Waals surface area contributed by atoms with E-state index in [1.54, 1.807) is 24.3 Å². The maximum Gasteiger partial charge on any atom is 0.328 e. The standard InChI is InChI=1S/C31H30N4O5/c1-39-31(38)28(16-21-18-33-26-14-8-6-12-24(21)26)35-30(37)27(15-20-17-32-25-13-7-5-11-23(20)25)34-29(36)19-40-22-9-3-2-4-10-22/h2-14,17-18,27-28,32-33H,15-16,19H2,1H3,(H,34,36)(H,35,37)/t27-,28-/m0/s1. The van der Waals surface area contributed by atoms with E-state index in [9.17, 15) is 14.4 Å². The van der Waals surface area contributed by atoms with Gasteiger partial charge in [0.1, 0.15) is 17.8 Å². The number of hydrogen-bond acceptors (Lipinski definition) is 5. The molecule has 9 nitrogen and oxygen atoms in total. The highest BCUT2D eigenvalue weighted by Crippen LogP contribution is 2.21. The zero-order valence-corrected chi connectivity index (χ0v) is 22.0. The molecule has 9 heteroatoms. The lowest BCUT2D eigenvalue weighted by atomic mass is 10.0. The van der Waals surface area contributed by atoms with Crippen LogP contribution in [0.2, 0.25) is 0 Å². The third kappa shape index (κ3) is 6.15. The minimum absolute atomic E-state index is 0.202. The second-order valence-corrected chi connectivity index (χ2v) is 9.43. The Morgan fingerprint density at radius 3 is 1.88 bits per heavy atom. The number of aromatic amines is 2. The van der Waals surface area contributed by atoms with Gasteiger partial charge < -0.3 is 30.1 Å². The lowest BCUT2D eigenvalue weighted by Gasteiger charge is -2.22. The predicted octanol–water partition coefficient (Wildman–Crippen LogP) is 3.66. The normalized spacial score (nSPS) is 12.5. The molecular formula is C31H30N4O5. The lowest BCUT2D eigenvalue weighted by Crippen LogP contribution is -2.54. The van der Waals surface area contributed by atoms with Crippen molar-refractivity contribution >= 4 is 39.6 Å². The number of amides is 2. The van der Waals surface area contributed by atoms with E-state index in [1.807, 2.05) is 67.0 Å². The molecule has 3 aromatic carbocycles. The molecule has 2 amide bonds. The molecular weight excluding hydrogens is 508 g/mol. The van der Waals surface area contributed by atoms with Crippen LogP contribution in [0.1, 0.15) is 11.1 Å². The van der Waals surface area contributed by atoms with Crippen LogP contribution >= 0.6 is 0 Å². The first-order chi connectivity index (χ1) is 19.5. The largest absolute Gasteiger partial charge is 0.484 e. The topological polar surface area (TPSA) is 125 Å². The highest BCUT2D eigenvalue weighted by Gasteiger charge is 2.29. The fourth-order valence-corrected chi connectivity index (χ4v) is 4.76.